The molecule has 0 bridgehead atoms. The molecule has 0 aromatic rings. The highest BCUT2D eigenvalue weighted by Gasteiger charge is 2.37. The summed E-state index contributed by atoms with van der Waals surface area (Å²) in [4.78, 5) is 1.83. The van der Waals surface area contributed by atoms with E-state index < -0.39 is 6.49 Å². The Morgan fingerprint density at radius 1 is 1.10 bits per heavy atom. The molecule has 2 rings (SSSR count). The third kappa shape index (κ3) is 5.91. The zero-order valence-corrected chi connectivity index (χ0v) is 15.5. The van der Waals surface area contributed by atoms with Crippen LogP contribution in [0.5, 0.6) is 0 Å². The molecule has 1 unspecified atom stereocenters. The molecule has 2 fully saturated rings. The lowest BCUT2D eigenvalue weighted by Crippen LogP contribution is -3.18. The molecule has 21 heavy (non-hydrogen) atoms. The normalized spacial score (nSPS) is 32.4. The van der Waals surface area contributed by atoms with Gasteiger partial charge in [0.2, 0.25) is 0 Å². The Kier molecular flexibility index (Phi) is 7.64. The van der Waals surface area contributed by atoms with E-state index in [0.29, 0.717) is 5.92 Å². The fourth-order valence-electron chi connectivity index (χ4n) is 3.83. The highest BCUT2D eigenvalue weighted by Crippen LogP contribution is 2.45. The zero-order valence-electron chi connectivity index (χ0n) is 13.8. The molecule has 1 N–H and O–H groups in total. The minimum absolute atomic E-state index is 0.704. The van der Waals surface area contributed by atoms with Crippen LogP contribution in [0.15, 0.2) is 0 Å². The third-order valence-electron chi connectivity index (χ3n) is 5.03. The van der Waals surface area contributed by atoms with Gasteiger partial charge in [0.05, 0.1) is 32.3 Å². The first-order valence-corrected chi connectivity index (χ1v) is 11.9. The van der Waals surface area contributed by atoms with Crippen LogP contribution in [-0.2, 0) is 20.9 Å². The Balaban J connectivity index is 1.74. The first-order valence-electron chi connectivity index (χ1n) is 8.83. The lowest BCUT2D eigenvalue weighted by molar-refractivity contribution is -0.940. The number of unbranched alkanes of at least 4 members (excludes halogenated alkanes) is 2. The lowest BCUT2D eigenvalue weighted by atomic mass is 9.84. The second kappa shape index (κ2) is 8.98. The molecule has 2 saturated heterocycles. The Morgan fingerprint density at radius 3 is 2.71 bits per heavy atom. The smallest absolute Gasteiger partial charge is 0.185 e. The molecule has 2 aliphatic heterocycles. The summed E-state index contributed by atoms with van der Waals surface area (Å²) in [7, 11) is 0. The first-order chi connectivity index (χ1) is 10.1. The molecule has 0 aromatic carbocycles. The van der Waals surface area contributed by atoms with Crippen LogP contribution in [0.1, 0.15) is 58.3 Å². The fourth-order valence-corrected chi connectivity index (χ4v) is 5.23. The van der Waals surface area contributed by atoms with E-state index in [1.807, 2.05) is 11.6 Å². The molecule has 0 amide bonds. The first kappa shape index (κ1) is 17.9. The van der Waals surface area contributed by atoms with Crippen molar-refractivity contribution in [2.75, 3.05) is 33.0 Å². The minimum atomic E-state index is -2.02. The van der Waals surface area contributed by atoms with Gasteiger partial charge in [-0.1, -0.05) is 19.8 Å². The van der Waals surface area contributed by atoms with Gasteiger partial charge in [0.25, 0.3) is 0 Å². The Bertz CT molecular complexity index is 351. The van der Waals surface area contributed by atoms with E-state index in [1.54, 1.807) is 0 Å². The van der Waals surface area contributed by atoms with Crippen LogP contribution >= 0.6 is 6.49 Å². The maximum absolute atomic E-state index is 6.09. The Morgan fingerprint density at radius 2 is 1.90 bits per heavy atom. The largest absolute Gasteiger partial charge is 0.332 e. The lowest BCUT2D eigenvalue weighted by Gasteiger charge is -2.41. The van der Waals surface area contributed by atoms with Crippen LogP contribution in [0, 0.1) is 5.92 Å². The Hall–Kier alpha value is 0.530. The number of piperidine rings is 2. The van der Waals surface area contributed by atoms with Gasteiger partial charge in [-0.25, -0.2) is 0 Å². The molecular formula is C16H33NO2PS+. The maximum atomic E-state index is 6.09. The quantitative estimate of drug-likeness (QED) is 0.545. The molecule has 3 nitrogen and oxygen atoms in total. The molecule has 124 valence electrons. The molecule has 4 atom stereocenters. The second-order valence-corrected chi connectivity index (χ2v) is 10.8. The van der Waals surface area contributed by atoms with E-state index in [2.05, 4.69) is 6.92 Å². The van der Waals surface area contributed by atoms with Crippen molar-refractivity contribution in [3.8, 4) is 0 Å². The zero-order chi connectivity index (χ0) is 15.1. The van der Waals surface area contributed by atoms with E-state index >= 15 is 0 Å². The fraction of sp³-hybridized carbons (Fsp3) is 1.00. The number of hydrogen-bond donors (Lipinski definition) is 1. The molecule has 0 aliphatic carbocycles. The predicted octanol–water partition coefficient (Wildman–Crippen LogP) is 3.00. The van der Waals surface area contributed by atoms with Gasteiger partial charge in [-0.2, -0.15) is 0 Å². The van der Waals surface area contributed by atoms with Crippen molar-refractivity contribution in [1.29, 1.82) is 0 Å². The third-order valence-corrected chi connectivity index (χ3v) is 6.93. The van der Waals surface area contributed by atoms with Gasteiger partial charge in [0.1, 0.15) is 0 Å². The summed E-state index contributed by atoms with van der Waals surface area (Å²) in [5, 5.41) is 0. The highest BCUT2D eigenvalue weighted by atomic mass is 32.5. The molecule has 2 heterocycles. The number of hydrogen-bond acceptors (Lipinski definition) is 3. The highest BCUT2D eigenvalue weighted by molar-refractivity contribution is 8.09. The van der Waals surface area contributed by atoms with Gasteiger partial charge < -0.3 is 13.9 Å². The van der Waals surface area contributed by atoms with Crippen LogP contribution in [0.4, 0.5) is 0 Å². The number of rotatable bonds is 8. The standard InChI is InChI=1S/C16H32NO2PS/c1-3-4-7-13-18-20(2,21)19-14-15-9-8-12-17-11-6-5-10-16(15)17/h15-16H,3-14H2,1-2H3/p+1/t15-,16+,20+/m0/s1. The molecule has 0 radical (unpaired) electrons. The molecule has 2 aliphatic rings. The molecule has 0 aromatic heterocycles. The van der Waals surface area contributed by atoms with Crippen molar-refractivity contribution < 1.29 is 13.9 Å². The summed E-state index contributed by atoms with van der Waals surface area (Å²) in [5.74, 6) is 0.704. The molecule has 5 heteroatoms. The number of quaternary nitrogens is 1. The summed E-state index contributed by atoms with van der Waals surface area (Å²) in [6, 6.07) is 0.822. The summed E-state index contributed by atoms with van der Waals surface area (Å²) < 4.78 is 11.9. The van der Waals surface area contributed by atoms with Gasteiger partial charge >= 0.3 is 0 Å². The van der Waals surface area contributed by atoms with E-state index in [0.717, 1.165) is 25.7 Å². The second-order valence-electron chi connectivity index (χ2n) is 6.77. The van der Waals surface area contributed by atoms with Gasteiger partial charge in [-0.05, 0) is 50.3 Å². The van der Waals surface area contributed by atoms with Crippen LogP contribution in [-0.4, -0.2) is 39.0 Å². The van der Waals surface area contributed by atoms with Crippen molar-refractivity contribution in [2.24, 2.45) is 5.92 Å². The van der Waals surface area contributed by atoms with Crippen molar-refractivity contribution in [2.45, 2.75) is 64.3 Å². The Labute approximate surface area is 135 Å². The molecule has 0 spiro atoms. The topological polar surface area (TPSA) is 22.9 Å². The summed E-state index contributed by atoms with van der Waals surface area (Å²) in [6.07, 6.45) is 10.4. The summed E-state index contributed by atoms with van der Waals surface area (Å²) in [6.45, 7) is 6.53. The number of fused-ring (bicyclic) bond motifs is 1. The van der Waals surface area contributed by atoms with Gasteiger partial charge in [-0.15, -0.1) is 0 Å². The van der Waals surface area contributed by atoms with E-state index in [4.69, 9.17) is 20.9 Å². The van der Waals surface area contributed by atoms with Crippen molar-refractivity contribution >= 4 is 18.3 Å². The average Bonchev–Trinajstić information content (AvgIpc) is 2.50. The van der Waals surface area contributed by atoms with Crippen molar-refractivity contribution in [1.82, 2.24) is 0 Å². The van der Waals surface area contributed by atoms with Crippen LogP contribution < -0.4 is 4.90 Å². The van der Waals surface area contributed by atoms with Gasteiger partial charge in [0, 0.05) is 12.6 Å². The summed E-state index contributed by atoms with van der Waals surface area (Å²) >= 11 is 5.57. The van der Waals surface area contributed by atoms with E-state index in [1.165, 1.54) is 58.0 Å². The SMILES string of the molecule is CCCCCO[P@@](C)(=S)OC[C@@H]1CCC[NH+]2CCCC[C@H]12. The summed E-state index contributed by atoms with van der Waals surface area (Å²) in [5.41, 5.74) is 0. The van der Waals surface area contributed by atoms with Gasteiger partial charge in [-0.3, -0.25) is 0 Å². The van der Waals surface area contributed by atoms with Crippen molar-refractivity contribution in [3.63, 3.8) is 0 Å². The van der Waals surface area contributed by atoms with Gasteiger partial charge in [0.15, 0.2) is 6.49 Å². The number of nitrogens with one attached hydrogen (secondary N) is 1. The maximum Gasteiger partial charge on any atom is 0.185 e. The predicted molar refractivity (Wildman–Crippen MR) is 92.7 cm³/mol. The molecule has 0 saturated carbocycles. The van der Waals surface area contributed by atoms with Crippen LogP contribution in [0.3, 0.4) is 0 Å². The van der Waals surface area contributed by atoms with Crippen LogP contribution in [0.2, 0.25) is 0 Å². The van der Waals surface area contributed by atoms with E-state index in [9.17, 15) is 0 Å². The average molecular weight is 334 g/mol. The van der Waals surface area contributed by atoms with Crippen molar-refractivity contribution in [3.05, 3.63) is 0 Å². The molecular weight excluding hydrogens is 301 g/mol. The van der Waals surface area contributed by atoms with E-state index in [-0.39, 0.29) is 0 Å². The monoisotopic (exact) mass is 334 g/mol. The van der Waals surface area contributed by atoms with Crippen LogP contribution in [0.25, 0.3) is 0 Å². The minimum Gasteiger partial charge on any atom is -0.332 e.